The Balaban J connectivity index is 2.24. The number of hydrogen-bond donors (Lipinski definition) is 1. The van der Waals surface area contributed by atoms with E-state index in [2.05, 4.69) is 25.0 Å². The SMILES string of the molecule is CCOC(=O)c1nnn(Cc2ncon2)c1CN. The van der Waals surface area contributed by atoms with Crippen LogP contribution in [0.3, 0.4) is 0 Å². The Hall–Kier alpha value is -2.29. The molecule has 0 unspecified atom stereocenters. The van der Waals surface area contributed by atoms with Crippen LogP contribution in [0, 0.1) is 0 Å². The molecule has 96 valence electrons. The third-order valence-corrected chi connectivity index (χ3v) is 2.20. The van der Waals surface area contributed by atoms with Crippen LogP contribution in [0.1, 0.15) is 28.9 Å². The molecule has 0 saturated carbocycles. The second-order valence-electron chi connectivity index (χ2n) is 3.31. The second kappa shape index (κ2) is 5.36. The lowest BCUT2D eigenvalue weighted by molar-refractivity contribution is 0.0518. The maximum Gasteiger partial charge on any atom is 0.360 e. The Morgan fingerprint density at radius 3 is 3.06 bits per heavy atom. The molecular formula is C9H12N6O3. The Kier molecular flexibility index (Phi) is 3.63. The van der Waals surface area contributed by atoms with Crippen molar-refractivity contribution >= 4 is 5.97 Å². The minimum Gasteiger partial charge on any atom is -0.461 e. The van der Waals surface area contributed by atoms with E-state index in [9.17, 15) is 4.79 Å². The van der Waals surface area contributed by atoms with Crippen LogP contribution in [0.5, 0.6) is 0 Å². The van der Waals surface area contributed by atoms with Crippen LogP contribution in [0.2, 0.25) is 0 Å². The third-order valence-electron chi connectivity index (χ3n) is 2.20. The van der Waals surface area contributed by atoms with Crippen LogP contribution in [0.25, 0.3) is 0 Å². The van der Waals surface area contributed by atoms with Gasteiger partial charge in [-0.15, -0.1) is 5.10 Å². The van der Waals surface area contributed by atoms with Crippen molar-refractivity contribution in [2.45, 2.75) is 20.0 Å². The minimum absolute atomic E-state index is 0.110. The third kappa shape index (κ3) is 2.35. The molecular weight excluding hydrogens is 240 g/mol. The summed E-state index contributed by atoms with van der Waals surface area (Å²) < 4.78 is 10.9. The normalized spacial score (nSPS) is 10.6. The first-order chi connectivity index (χ1) is 8.76. The highest BCUT2D eigenvalue weighted by atomic mass is 16.5. The maximum absolute atomic E-state index is 11.6. The van der Waals surface area contributed by atoms with Gasteiger partial charge in [0.1, 0.15) is 6.54 Å². The smallest absolute Gasteiger partial charge is 0.360 e. The first-order valence-electron chi connectivity index (χ1n) is 5.31. The number of nitrogens with two attached hydrogens (primary N) is 1. The number of carbonyl (C=O) groups excluding carboxylic acids is 1. The Labute approximate surface area is 102 Å². The number of hydrogen-bond acceptors (Lipinski definition) is 8. The van der Waals surface area contributed by atoms with Crippen molar-refractivity contribution in [1.29, 1.82) is 0 Å². The van der Waals surface area contributed by atoms with E-state index in [-0.39, 0.29) is 25.4 Å². The van der Waals surface area contributed by atoms with Gasteiger partial charge in [0.2, 0.25) is 6.39 Å². The van der Waals surface area contributed by atoms with Gasteiger partial charge in [-0.1, -0.05) is 10.4 Å². The molecule has 0 spiro atoms. The Morgan fingerprint density at radius 2 is 2.44 bits per heavy atom. The van der Waals surface area contributed by atoms with E-state index in [1.807, 2.05) is 0 Å². The van der Waals surface area contributed by atoms with Gasteiger partial charge in [0.15, 0.2) is 11.5 Å². The molecule has 2 N–H and O–H groups in total. The molecule has 0 aliphatic rings. The first-order valence-corrected chi connectivity index (χ1v) is 5.31. The molecule has 0 atom stereocenters. The van der Waals surface area contributed by atoms with Crippen molar-refractivity contribution in [3.63, 3.8) is 0 Å². The van der Waals surface area contributed by atoms with Crippen LogP contribution in [0.15, 0.2) is 10.9 Å². The highest BCUT2D eigenvalue weighted by molar-refractivity contribution is 5.88. The molecule has 2 aromatic heterocycles. The van der Waals surface area contributed by atoms with Gasteiger partial charge in [0, 0.05) is 6.54 Å². The van der Waals surface area contributed by atoms with Gasteiger partial charge >= 0.3 is 5.97 Å². The van der Waals surface area contributed by atoms with Gasteiger partial charge in [0.05, 0.1) is 12.3 Å². The van der Waals surface area contributed by atoms with Gasteiger partial charge < -0.3 is 15.0 Å². The van der Waals surface area contributed by atoms with Crippen molar-refractivity contribution in [2.75, 3.05) is 6.61 Å². The molecule has 0 aromatic carbocycles. The van der Waals surface area contributed by atoms with Crippen molar-refractivity contribution < 1.29 is 14.1 Å². The van der Waals surface area contributed by atoms with Gasteiger partial charge in [-0.25, -0.2) is 9.48 Å². The van der Waals surface area contributed by atoms with Crippen molar-refractivity contribution in [2.24, 2.45) is 5.73 Å². The van der Waals surface area contributed by atoms with E-state index in [4.69, 9.17) is 10.5 Å². The molecule has 0 bridgehead atoms. The second-order valence-corrected chi connectivity index (χ2v) is 3.31. The van der Waals surface area contributed by atoms with Crippen LogP contribution < -0.4 is 5.73 Å². The summed E-state index contributed by atoms with van der Waals surface area (Å²) in [4.78, 5) is 15.5. The van der Waals surface area contributed by atoms with Crippen LogP contribution in [0.4, 0.5) is 0 Å². The number of rotatable bonds is 5. The Morgan fingerprint density at radius 1 is 1.61 bits per heavy atom. The molecule has 9 nitrogen and oxygen atoms in total. The van der Waals surface area contributed by atoms with E-state index < -0.39 is 5.97 Å². The van der Waals surface area contributed by atoms with E-state index in [1.165, 1.54) is 11.1 Å². The summed E-state index contributed by atoms with van der Waals surface area (Å²) in [6.07, 6.45) is 1.21. The van der Waals surface area contributed by atoms with E-state index in [0.717, 1.165) is 0 Å². The maximum atomic E-state index is 11.6. The molecule has 18 heavy (non-hydrogen) atoms. The zero-order valence-electron chi connectivity index (χ0n) is 9.74. The predicted molar refractivity (Wildman–Crippen MR) is 57.3 cm³/mol. The lowest BCUT2D eigenvalue weighted by Gasteiger charge is -2.03. The van der Waals surface area contributed by atoms with Crippen LogP contribution in [-0.4, -0.2) is 37.7 Å². The highest BCUT2D eigenvalue weighted by Crippen LogP contribution is 2.08. The fourth-order valence-electron chi connectivity index (χ4n) is 1.42. The van der Waals surface area contributed by atoms with E-state index in [1.54, 1.807) is 6.92 Å². The largest absolute Gasteiger partial charge is 0.461 e. The molecule has 9 heteroatoms. The average Bonchev–Trinajstić information content (AvgIpc) is 2.99. The molecule has 0 aliphatic carbocycles. The van der Waals surface area contributed by atoms with Crippen molar-refractivity contribution in [3.8, 4) is 0 Å². The molecule has 2 rings (SSSR count). The average molecular weight is 252 g/mol. The minimum atomic E-state index is -0.544. The first kappa shape index (κ1) is 12.2. The van der Waals surface area contributed by atoms with E-state index in [0.29, 0.717) is 11.5 Å². The summed E-state index contributed by atoms with van der Waals surface area (Å²) >= 11 is 0. The molecule has 0 amide bonds. The lowest BCUT2D eigenvalue weighted by atomic mass is 10.3. The van der Waals surface area contributed by atoms with Gasteiger partial charge in [-0.2, -0.15) is 4.98 Å². The number of aromatic nitrogens is 5. The predicted octanol–water partition coefficient (Wildman–Crippen LogP) is -0.655. The molecule has 2 heterocycles. The van der Waals surface area contributed by atoms with Gasteiger partial charge in [-0.05, 0) is 6.92 Å². The van der Waals surface area contributed by atoms with Crippen LogP contribution >= 0.6 is 0 Å². The summed E-state index contributed by atoms with van der Waals surface area (Å²) in [5, 5.41) is 11.2. The molecule has 0 aliphatic heterocycles. The van der Waals surface area contributed by atoms with Crippen molar-refractivity contribution in [3.05, 3.63) is 23.6 Å². The summed E-state index contributed by atoms with van der Waals surface area (Å²) in [5.41, 5.74) is 6.17. The standard InChI is InChI=1S/C9H12N6O3/c1-2-17-9(16)8-6(3-10)15(14-12-8)4-7-11-5-18-13-7/h5H,2-4,10H2,1H3. The quantitative estimate of drug-likeness (QED) is 0.696. The number of nitrogens with zero attached hydrogens (tertiary/aromatic N) is 5. The topological polar surface area (TPSA) is 122 Å². The van der Waals surface area contributed by atoms with Crippen LogP contribution in [-0.2, 0) is 17.8 Å². The Bertz CT molecular complexity index is 520. The van der Waals surface area contributed by atoms with Crippen molar-refractivity contribution in [1.82, 2.24) is 25.1 Å². The fraction of sp³-hybridized carbons (Fsp3) is 0.444. The summed E-state index contributed by atoms with van der Waals surface area (Å²) in [6, 6.07) is 0. The molecule has 0 fully saturated rings. The number of ether oxygens (including phenoxy) is 1. The highest BCUT2D eigenvalue weighted by Gasteiger charge is 2.20. The fourth-order valence-corrected chi connectivity index (χ4v) is 1.42. The molecule has 0 radical (unpaired) electrons. The summed E-state index contributed by atoms with van der Waals surface area (Å²) in [5.74, 6) is -0.123. The monoisotopic (exact) mass is 252 g/mol. The van der Waals surface area contributed by atoms with Gasteiger partial charge in [-0.3, -0.25) is 0 Å². The van der Waals surface area contributed by atoms with E-state index >= 15 is 0 Å². The number of esters is 1. The van der Waals surface area contributed by atoms with Gasteiger partial charge in [0.25, 0.3) is 0 Å². The molecule has 2 aromatic rings. The zero-order chi connectivity index (χ0) is 13.0. The lowest BCUT2D eigenvalue weighted by Crippen LogP contribution is -2.15. The number of carbonyl (C=O) groups is 1. The summed E-state index contributed by atoms with van der Waals surface area (Å²) in [6.45, 7) is 2.32. The molecule has 0 saturated heterocycles. The summed E-state index contributed by atoms with van der Waals surface area (Å²) in [7, 11) is 0. The zero-order valence-corrected chi connectivity index (χ0v) is 9.74.